The molecule has 2 unspecified atom stereocenters. The highest BCUT2D eigenvalue weighted by atomic mass is 16.3. The van der Waals surface area contributed by atoms with E-state index in [9.17, 15) is 0 Å². The molecule has 0 radical (unpaired) electrons. The molecular weight excluding hydrogens is 202 g/mol. The zero-order valence-corrected chi connectivity index (χ0v) is 9.84. The Morgan fingerprint density at radius 2 is 2.12 bits per heavy atom. The van der Waals surface area contributed by atoms with Gasteiger partial charge in [-0.1, -0.05) is 0 Å². The van der Waals surface area contributed by atoms with Gasteiger partial charge >= 0.3 is 0 Å². The Labute approximate surface area is 95.1 Å². The largest absolute Gasteiger partial charge is 0.464 e. The molecule has 2 heterocycles. The predicted molar refractivity (Wildman–Crippen MR) is 62.2 cm³/mol. The Morgan fingerprint density at radius 1 is 1.38 bits per heavy atom. The first-order valence-corrected chi connectivity index (χ1v) is 5.40. The molecule has 4 heteroatoms. The summed E-state index contributed by atoms with van der Waals surface area (Å²) in [5.74, 6) is 1.75. The molecule has 0 saturated carbocycles. The van der Waals surface area contributed by atoms with E-state index < -0.39 is 0 Å². The number of aryl methyl sites for hydroxylation is 2. The van der Waals surface area contributed by atoms with Crippen LogP contribution in [0.15, 0.2) is 28.9 Å². The molecule has 86 valence electrons. The summed E-state index contributed by atoms with van der Waals surface area (Å²) in [5, 5.41) is 4.30. The number of hydrogen-bond donors (Lipinski definition) is 1. The van der Waals surface area contributed by atoms with Gasteiger partial charge in [0.15, 0.2) is 0 Å². The van der Waals surface area contributed by atoms with Crippen LogP contribution in [-0.4, -0.2) is 15.8 Å². The molecule has 0 amide bonds. The topological polar surface area (TPSA) is 57.0 Å². The molecule has 2 atom stereocenters. The molecule has 0 aliphatic carbocycles. The first-order valence-electron chi connectivity index (χ1n) is 5.40. The minimum absolute atomic E-state index is 0.0394. The van der Waals surface area contributed by atoms with Crippen LogP contribution in [0.1, 0.15) is 30.0 Å². The summed E-state index contributed by atoms with van der Waals surface area (Å²) in [7, 11) is 0. The Kier molecular flexibility index (Phi) is 2.83. The van der Waals surface area contributed by atoms with Crippen molar-refractivity contribution in [2.45, 2.75) is 32.9 Å². The lowest BCUT2D eigenvalue weighted by atomic mass is 10.1. The van der Waals surface area contributed by atoms with Crippen LogP contribution < -0.4 is 5.73 Å². The second-order valence-corrected chi connectivity index (χ2v) is 4.25. The van der Waals surface area contributed by atoms with Crippen molar-refractivity contribution in [1.82, 2.24) is 9.78 Å². The van der Waals surface area contributed by atoms with Crippen molar-refractivity contribution in [3.8, 4) is 0 Å². The number of aromatic nitrogens is 2. The number of rotatable bonds is 3. The van der Waals surface area contributed by atoms with Crippen LogP contribution in [0.2, 0.25) is 0 Å². The van der Waals surface area contributed by atoms with Gasteiger partial charge in [-0.15, -0.1) is 0 Å². The summed E-state index contributed by atoms with van der Waals surface area (Å²) in [6, 6.07) is 3.81. The second-order valence-electron chi connectivity index (χ2n) is 4.25. The Hall–Kier alpha value is -1.55. The average Bonchev–Trinajstić information content (AvgIpc) is 2.76. The first kappa shape index (κ1) is 11.0. The molecule has 4 nitrogen and oxygen atoms in total. The van der Waals surface area contributed by atoms with Gasteiger partial charge in [-0.25, -0.2) is 0 Å². The summed E-state index contributed by atoms with van der Waals surface area (Å²) in [6.07, 6.45) is 3.80. The van der Waals surface area contributed by atoms with Gasteiger partial charge < -0.3 is 10.2 Å². The molecule has 0 aliphatic rings. The van der Waals surface area contributed by atoms with E-state index >= 15 is 0 Å². The maximum absolute atomic E-state index is 6.00. The zero-order valence-electron chi connectivity index (χ0n) is 9.84. The van der Waals surface area contributed by atoms with E-state index in [-0.39, 0.29) is 12.1 Å². The molecule has 2 rings (SSSR count). The Bertz CT molecular complexity index is 430. The zero-order chi connectivity index (χ0) is 11.7. The summed E-state index contributed by atoms with van der Waals surface area (Å²) in [4.78, 5) is 0. The molecule has 0 saturated heterocycles. The van der Waals surface area contributed by atoms with Crippen molar-refractivity contribution in [1.29, 1.82) is 0 Å². The third-order valence-corrected chi connectivity index (χ3v) is 2.57. The van der Waals surface area contributed by atoms with Crippen LogP contribution in [-0.2, 0) is 0 Å². The number of nitrogens with two attached hydrogens (primary N) is 1. The minimum atomic E-state index is -0.0511. The standard InChI is InChI=1S/C12H17N3O/c1-8-6-14-15(7-8)12(10(3)13)11-5-4-9(2)16-11/h4-7,10,12H,13H2,1-3H3. The van der Waals surface area contributed by atoms with Gasteiger partial charge in [0.25, 0.3) is 0 Å². The van der Waals surface area contributed by atoms with Gasteiger partial charge in [-0.2, -0.15) is 5.10 Å². The molecule has 0 fully saturated rings. The third-order valence-electron chi connectivity index (χ3n) is 2.57. The van der Waals surface area contributed by atoms with Crippen molar-refractivity contribution >= 4 is 0 Å². The molecule has 0 bridgehead atoms. The quantitative estimate of drug-likeness (QED) is 0.859. The van der Waals surface area contributed by atoms with Crippen molar-refractivity contribution in [3.05, 3.63) is 41.6 Å². The van der Waals surface area contributed by atoms with E-state index in [0.717, 1.165) is 17.1 Å². The fourth-order valence-electron chi connectivity index (χ4n) is 1.83. The summed E-state index contributed by atoms with van der Waals surface area (Å²) < 4.78 is 7.49. The van der Waals surface area contributed by atoms with Gasteiger partial charge in [-0.05, 0) is 38.5 Å². The highest BCUT2D eigenvalue weighted by Crippen LogP contribution is 2.22. The van der Waals surface area contributed by atoms with Crippen LogP contribution in [0.25, 0.3) is 0 Å². The van der Waals surface area contributed by atoms with Crippen molar-refractivity contribution < 1.29 is 4.42 Å². The lowest BCUT2D eigenvalue weighted by Crippen LogP contribution is -2.30. The van der Waals surface area contributed by atoms with E-state index in [1.807, 2.05) is 50.0 Å². The third kappa shape index (κ3) is 2.02. The van der Waals surface area contributed by atoms with Crippen molar-refractivity contribution in [2.24, 2.45) is 5.73 Å². The average molecular weight is 219 g/mol. The van der Waals surface area contributed by atoms with Gasteiger partial charge in [0.05, 0.1) is 6.20 Å². The second kappa shape index (κ2) is 4.14. The van der Waals surface area contributed by atoms with Crippen LogP contribution in [0.5, 0.6) is 0 Å². The summed E-state index contributed by atoms with van der Waals surface area (Å²) in [5.41, 5.74) is 7.12. The van der Waals surface area contributed by atoms with Gasteiger partial charge in [0.1, 0.15) is 17.6 Å². The van der Waals surface area contributed by atoms with Gasteiger partial charge in [-0.3, -0.25) is 4.68 Å². The summed E-state index contributed by atoms with van der Waals surface area (Å²) in [6.45, 7) is 5.89. The van der Waals surface area contributed by atoms with Crippen LogP contribution in [0.4, 0.5) is 0 Å². The molecule has 16 heavy (non-hydrogen) atoms. The molecule has 2 aromatic heterocycles. The maximum atomic E-state index is 6.00. The highest BCUT2D eigenvalue weighted by molar-refractivity contribution is 5.14. The van der Waals surface area contributed by atoms with E-state index in [2.05, 4.69) is 5.10 Å². The minimum Gasteiger partial charge on any atom is -0.464 e. The molecule has 0 aliphatic heterocycles. The van der Waals surface area contributed by atoms with Crippen molar-refractivity contribution in [3.63, 3.8) is 0 Å². The van der Waals surface area contributed by atoms with E-state index in [4.69, 9.17) is 10.2 Å². The van der Waals surface area contributed by atoms with Crippen LogP contribution in [0, 0.1) is 13.8 Å². The smallest absolute Gasteiger partial charge is 0.130 e. The molecule has 0 spiro atoms. The van der Waals surface area contributed by atoms with Crippen LogP contribution >= 0.6 is 0 Å². The van der Waals surface area contributed by atoms with Crippen LogP contribution in [0.3, 0.4) is 0 Å². The first-order chi connectivity index (χ1) is 7.58. The van der Waals surface area contributed by atoms with Gasteiger partial charge in [0, 0.05) is 12.2 Å². The van der Waals surface area contributed by atoms with Gasteiger partial charge in [0.2, 0.25) is 0 Å². The lowest BCUT2D eigenvalue weighted by Gasteiger charge is -2.19. The normalized spacial score (nSPS) is 15.0. The molecule has 2 N–H and O–H groups in total. The monoisotopic (exact) mass is 219 g/mol. The Balaban J connectivity index is 2.38. The SMILES string of the molecule is Cc1cnn(C(c2ccc(C)o2)C(C)N)c1. The van der Waals surface area contributed by atoms with E-state index in [1.54, 1.807) is 0 Å². The highest BCUT2D eigenvalue weighted by Gasteiger charge is 2.22. The Morgan fingerprint density at radius 3 is 2.56 bits per heavy atom. The number of hydrogen-bond acceptors (Lipinski definition) is 3. The molecule has 0 aromatic carbocycles. The van der Waals surface area contributed by atoms with E-state index in [1.165, 1.54) is 0 Å². The number of furan rings is 1. The number of nitrogens with zero attached hydrogens (tertiary/aromatic N) is 2. The van der Waals surface area contributed by atoms with Crippen molar-refractivity contribution in [2.75, 3.05) is 0 Å². The molecular formula is C12H17N3O. The lowest BCUT2D eigenvalue weighted by molar-refractivity contribution is 0.360. The maximum Gasteiger partial charge on any atom is 0.130 e. The van der Waals surface area contributed by atoms with E-state index in [0.29, 0.717) is 0 Å². The fourth-order valence-corrected chi connectivity index (χ4v) is 1.83. The fraction of sp³-hybridized carbons (Fsp3) is 0.417. The predicted octanol–water partition coefficient (Wildman–Crippen LogP) is 2.03. The molecule has 2 aromatic rings. The summed E-state index contributed by atoms with van der Waals surface area (Å²) >= 11 is 0.